The second-order valence-electron chi connectivity index (χ2n) is 5.41. The molecule has 0 radical (unpaired) electrons. The number of hydrogen-bond donors (Lipinski definition) is 2. The van der Waals surface area contributed by atoms with Crippen molar-refractivity contribution in [1.29, 1.82) is 0 Å². The van der Waals surface area contributed by atoms with Crippen molar-refractivity contribution in [3.63, 3.8) is 0 Å². The van der Waals surface area contributed by atoms with Gasteiger partial charge in [0.05, 0.1) is 0 Å². The van der Waals surface area contributed by atoms with Gasteiger partial charge in [0.15, 0.2) is 0 Å². The third-order valence-electron chi connectivity index (χ3n) is 3.18. The van der Waals surface area contributed by atoms with E-state index in [2.05, 4.69) is 20.6 Å². The topological polar surface area (TPSA) is 70.2 Å². The number of nitrogens with one attached hydrogen (secondary N) is 2. The van der Waals surface area contributed by atoms with Crippen LogP contribution in [0.25, 0.3) is 0 Å². The van der Waals surface area contributed by atoms with E-state index in [4.69, 9.17) is 11.6 Å². The van der Waals surface area contributed by atoms with Crippen molar-refractivity contribution < 1.29 is 4.79 Å². The summed E-state index contributed by atoms with van der Waals surface area (Å²) in [7, 11) is 3.90. The number of benzene rings is 1. The van der Waals surface area contributed by atoms with Crippen molar-refractivity contribution in [3.8, 4) is 0 Å². The normalized spacial score (nSPS) is 10.7. The summed E-state index contributed by atoms with van der Waals surface area (Å²) in [6.07, 6.45) is 1.55. The fourth-order valence-electron chi connectivity index (χ4n) is 1.88. The van der Waals surface area contributed by atoms with E-state index in [0.29, 0.717) is 23.2 Å². The number of rotatable bonds is 6. The molecule has 0 saturated carbocycles. The van der Waals surface area contributed by atoms with Crippen LogP contribution >= 0.6 is 11.6 Å². The van der Waals surface area contributed by atoms with Crippen LogP contribution in [0.3, 0.4) is 0 Å². The molecule has 7 heteroatoms. The molecule has 1 amide bonds. The standard InChI is InChI=1S/C16H20ClN5O/c1-11-4-5-12(17)10-14(11)21-16-19-7-6-13(20-16)15(23)18-8-9-22(2)3/h4-7,10H,8-9H2,1-3H3,(H,18,23)(H,19,20,21). The molecule has 0 bridgehead atoms. The third-order valence-corrected chi connectivity index (χ3v) is 3.41. The van der Waals surface area contributed by atoms with Gasteiger partial charge in [-0.3, -0.25) is 4.79 Å². The zero-order valence-electron chi connectivity index (χ0n) is 13.4. The molecular weight excluding hydrogens is 314 g/mol. The Balaban J connectivity index is 2.07. The van der Waals surface area contributed by atoms with Crippen LogP contribution in [0.2, 0.25) is 5.02 Å². The van der Waals surface area contributed by atoms with Gasteiger partial charge in [0.1, 0.15) is 5.69 Å². The molecule has 1 aromatic heterocycles. The number of anilines is 2. The smallest absolute Gasteiger partial charge is 0.270 e. The molecule has 2 aromatic rings. The van der Waals surface area contributed by atoms with E-state index < -0.39 is 0 Å². The van der Waals surface area contributed by atoms with Crippen molar-refractivity contribution in [2.75, 3.05) is 32.5 Å². The average Bonchev–Trinajstić information content (AvgIpc) is 2.51. The number of aryl methyl sites for hydroxylation is 1. The van der Waals surface area contributed by atoms with Gasteiger partial charge in [0.25, 0.3) is 5.91 Å². The minimum Gasteiger partial charge on any atom is -0.349 e. The van der Waals surface area contributed by atoms with Crippen molar-refractivity contribution in [1.82, 2.24) is 20.2 Å². The molecule has 0 saturated heterocycles. The van der Waals surface area contributed by atoms with E-state index in [1.165, 1.54) is 0 Å². The molecule has 0 aliphatic rings. The molecule has 122 valence electrons. The highest BCUT2D eigenvalue weighted by molar-refractivity contribution is 6.30. The lowest BCUT2D eigenvalue weighted by atomic mass is 10.2. The Kier molecular flexibility index (Phi) is 5.90. The van der Waals surface area contributed by atoms with Crippen LogP contribution < -0.4 is 10.6 Å². The lowest BCUT2D eigenvalue weighted by Gasteiger charge is -2.11. The minimum atomic E-state index is -0.222. The fourth-order valence-corrected chi connectivity index (χ4v) is 2.05. The molecule has 1 aromatic carbocycles. The summed E-state index contributed by atoms with van der Waals surface area (Å²) in [4.78, 5) is 22.5. The number of carbonyl (C=O) groups excluding carboxylic acids is 1. The van der Waals surface area contributed by atoms with Gasteiger partial charge >= 0.3 is 0 Å². The highest BCUT2D eigenvalue weighted by Crippen LogP contribution is 2.22. The first kappa shape index (κ1) is 17.2. The molecular formula is C16H20ClN5O. The first-order valence-corrected chi connectivity index (χ1v) is 7.62. The number of amides is 1. The van der Waals surface area contributed by atoms with Gasteiger partial charge in [0.2, 0.25) is 5.95 Å². The van der Waals surface area contributed by atoms with Crippen LogP contribution in [0.4, 0.5) is 11.6 Å². The second kappa shape index (κ2) is 7.89. The van der Waals surface area contributed by atoms with Crippen molar-refractivity contribution in [3.05, 3.63) is 46.7 Å². The predicted octanol–water partition coefficient (Wildman–Crippen LogP) is 2.47. The van der Waals surface area contributed by atoms with Crippen molar-refractivity contribution in [2.24, 2.45) is 0 Å². The molecule has 2 N–H and O–H groups in total. The largest absolute Gasteiger partial charge is 0.349 e. The predicted molar refractivity (Wildman–Crippen MR) is 92.4 cm³/mol. The van der Waals surface area contributed by atoms with E-state index in [0.717, 1.165) is 17.8 Å². The summed E-state index contributed by atoms with van der Waals surface area (Å²) in [6.45, 7) is 3.28. The van der Waals surface area contributed by atoms with E-state index in [1.54, 1.807) is 18.3 Å². The summed E-state index contributed by atoms with van der Waals surface area (Å²) in [5.41, 5.74) is 2.14. The Labute approximate surface area is 140 Å². The first-order chi connectivity index (χ1) is 11.0. The van der Waals surface area contributed by atoms with Crippen LogP contribution in [0.15, 0.2) is 30.5 Å². The number of hydrogen-bond acceptors (Lipinski definition) is 5. The molecule has 2 rings (SSSR count). The molecule has 0 atom stereocenters. The highest BCUT2D eigenvalue weighted by Gasteiger charge is 2.09. The van der Waals surface area contributed by atoms with Crippen LogP contribution in [0, 0.1) is 6.92 Å². The van der Waals surface area contributed by atoms with Crippen molar-refractivity contribution in [2.45, 2.75) is 6.92 Å². The van der Waals surface area contributed by atoms with Gasteiger partial charge in [-0.05, 0) is 44.8 Å². The van der Waals surface area contributed by atoms with E-state index in [-0.39, 0.29) is 5.91 Å². The van der Waals surface area contributed by atoms with Gasteiger partial charge in [-0.1, -0.05) is 17.7 Å². The van der Waals surface area contributed by atoms with Crippen LogP contribution in [0.1, 0.15) is 16.1 Å². The summed E-state index contributed by atoms with van der Waals surface area (Å²) in [5, 5.41) is 6.53. The van der Waals surface area contributed by atoms with Gasteiger partial charge in [-0.25, -0.2) is 9.97 Å². The first-order valence-electron chi connectivity index (χ1n) is 7.25. The number of likely N-dealkylation sites (N-methyl/N-ethyl adjacent to an activating group) is 1. The third kappa shape index (κ3) is 5.19. The summed E-state index contributed by atoms with van der Waals surface area (Å²) < 4.78 is 0. The Morgan fingerprint density at radius 1 is 1.30 bits per heavy atom. The van der Waals surface area contributed by atoms with E-state index in [9.17, 15) is 4.79 Å². The monoisotopic (exact) mass is 333 g/mol. The van der Waals surface area contributed by atoms with E-state index >= 15 is 0 Å². The maximum atomic E-state index is 12.1. The zero-order valence-corrected chi connectivity index (χ0v) is 14.2. The molecule has 0 aliphatic carbocycles. The zero-order chi connectivity index (χ0) is 16.8. The summed E-state index contributed by atoms with van der Waals surface area (Å²) >= 11 is 6.00. The Morgan fingerprint density at radius 3 is 2.83 bits per heavy atom. The summed E-state index contributed by atoms with van der Waals surface area (Å²) in [6, 6.07) is 7.10. The van der Waals surface area contributed by atoms with Crippen LogP contribution in [-0.4, -0.2) is 48.0 Å². The lowest BCUT2D eigenvalue weighted by molar-refractivity contribution is 0.0946. The van der Waals surface area contributed by atoms with Gasteiger partial charge in [-0.15, -0.1) is 0 Å². The number of nitrogens with zero attached hydrogens (tertiary/aromatic N) is 3. The fraction of sp³-hybridized carbons (Fsp3) is 0.312. The lowest BCUT2D eigenvalue weighted by Crippen LogP contribution is -2.31. The molecule has 1 heterocycles. The molecule has 23 heavy (non-hydrogen) atoms. The Bertz CT molecular complexity index is 690. The summed E-state index contributed by atoms with van der Waals surface area (Å²) in [5.74, 6) is 0.135. The maximum Gasteiger partial charge on any atom is 0.270 e. The molecule has 0 aliphatic heterocycles. The second-order valence-corrected chi connectivity index (χ2v) is 5.85. The number of carbonyl (C=O) groups is 1. The number of halogens is 1. The minimum absolute atomic E-state index is 0.222. The van der Waals surface area contributed by atoms with Gasteiger partial charge < -0.3 is 15.5 Å². The van der Waals surface area contributed by atoms with Gasteiger partial charge in [-0.2, -0.15) is 0 Å². The van der Waals surface area contributed by atoms with Gasteiger partial charge in [0, 0.05) is 30.0 Å². The molecule has 0 spiro atoms. The van der Waals surface area contributed by atoms with Crippen molar-refractivity contribution >= 4 is 29.1 Å². The van der Waals surface area contributed by atoms with Crippen LogP contribution in [0.5, 0.6) is 0 Å². The molecule has 0 unspecified atom stereocenters. The average molecular weight is 334 g/mol. The molecule has 6 nitrogen and oxygen atoms in total. The highest BCUT2D eigenvalue weighted by atomic mass is 35.5. The SMILES string of the molecule is Cc1ccc(Cl)cc1Nc1nccc(C(=O)NCCN(C)C)n1. The quantitative estimate of drug-likeness (QED) is 0.850. The molecule has 0 fully saturated rings. The maximum absolute atomic E-state index is 12.1. The van der Waals surface area contributed by atoms with E-state index in [1.807, 2.05) is 38.1 Å². The Hall–Kier alpha value is -2.18. The number of aromatic nitrogens is 2. The van der Waals surface area contributed by atoms with Crippen LogP contribution in [-0.2, 0) is 0 Å². The Morgan fingerprint density at radius 2 is 2.09 bits per heavy atom.